The number of anilines is 3. The standard InChI is InChI=1S/C22H23F3N4O3/c1-14(30)26-18-10-9-16(22(23,24)25)12-19(18)28-20(31)15-6-5-11-29(13-15)21(32)27-17-7-3-2-4-8-17/h2-4,7-10,12,15H,5-6,11,13H2,1H3,(H,26,30)(H,27,32)(H,28,31). The van der Waals surface area contributed by atoms with Crippen molar-refractivity contribution in [2.24, 2.45) is 5.92 Å². The molecule has 1 aliphatic rings. The minimum absolute atomic E-state index is 0.0633. The van der Waals surface area contributed by atoms with E-state index in [1.165, 1.54) is 11.8 Å². The van der Waals surface area contributed by atoms with Crippen molar-refractivity contribution in [3.05, 3.63) is 54.1 Å². The monoisotopic (exact) mass is 448 g/mol. The number of amides is 4. The van der Waals surface area contributed by atoms with Gasteiger partial charge in [-0.05, 0) is 43.2 Å². The zero-order valence-electron chi connectivity index (χ0n) is 17.3. The first-order valence-corrected chi connectivity index (χ1v) is 10.0. The summed E-state index contributed by atoms with van der Waals surface area (Å²) < 4.78 is 39.4. The van der Waals surface area contributed by atoms with Crippen molar-refractivity contribution < 1.29 is 27.6 Å². The van der Waals surface area contributed by atoms with E-state index in [4.69, 9.17) is 0 Å². The van der Waals surface area contributed by atoms with Crippen LogP contribution >= 0.6 is 0 Å². The van der Waals surface area contributed by atoms with Gasteiger partial charge in [0.25, 0.3) is 0 Å². The molecule has 0 aromatic heterocycles. The molecule has 0 bridgehead atoms. The lowest BCUT2D eigenvalue weighted by atomic mass is 9.97. The Morgan fingerprint density at radius 2 is 1.69 bits per heavy atom. The summed E-state index contributed by atoms with van der Waals surface area (Å²) in [4.78, 5) is 38.3. The Kier molecular flexibility index (Phi) is 7.01. The van der Waals surface area contributed by atoms with E-state index in [9.17, 15) is 27.6 Å². The highest BCUT2D eigenvalue weighted by molar-refractivity contribution is 6.00. The minimum Gasteiger partial charge on any atom is -0.325 e. The lowest BCUT2D eigenvalue weighted by Crippen LogP contribution is -2.45. The van der Waals surface area contributed by atoms with E-state index in [1.807, 2.05) is 6.07 Å². The molecule has 32 heavy (non-hydrogen) atoms. The van der Waals surface area contributed by atoms with Crippen LogP contribution in [0.25, 0.3) is 0 Å². The van der Waals surface area contributed by atoms with E-state index < -0.39 is 29.5 Å². The highest BCUT2D eigenvalue weighted by Gasteiger charge is 2.32. The van der Waals surface area contributed by atoms with Crippen LogP contribution in [-0.4, -0.2) is 35.8 Å². The lowest BCUT2D eigenvalue weighted by molar-refractivity contribution is -0.137. The Balaban J connectivity index is 1.71. The molecule has 0 radical (unpaired) electrons. The van der Waals surface area contributed by atoms with E-state index in [0.29, 0.717) is 25.1 Å². The maximum Gasteiger partial charge on any atom is 0.416 e. The van der Waals surface area contributed by atoms with Crippen molar-refractivity contribution in [3.8, 4) is 0 Å². The minimum atomic E-state index is -4.61. The van der Waals surface area contributed by atoms with Crippen molar-refractivity contribution in [2.45, 2.75) is 25.9 Å². The van der Waals surface area contributed by atoms with Crippen molar-refractivity contribution in [1.29, 1.82) is 0 Å². The third kappa shape index (κ3) is 5.99. The highest BCUT2D eigenvalue weighted by atomic mass is 19.4. The fourth-order valence-electron chi connectivity index (χ4n) is 3.46. The SMILES string of the molecule is CC(=O)Nc1ccc(C(F)(F)F)cc1NC(=O)C1CCCN(C(=O)Nc2ccccc2)C1. The van der Waals surface area contributed by atoms with Crippen LogP contribution in [-0.2, 0) is 15.8 Å². The summed E-state index contributed by atoms with van der Waals surface area (Å²) >= 11 is 0. The second-order valence-corrected chi connectivity index (χ2v) is 7.51. The van der Waals surface area contributed by atoms with Gasteiger partial charge in [-0.3, -0.25) is 9.59 Å². The molecule has 0 aliphatic carbocycles. The first-order valence-electron chi connectivity index (χ1n) is 10.0. The number of piperidine rings is 1. The zero-order chi connectivity index (χ0) is 23.3. The number of para-hydroxylation sites is 1. The predicted molar refractivity (Wildman–Crippen MR) is 114 cm³/mol. The van der Waals surface area contributed by atoms with Crippen molar-refractivity contribution in [1.82, 2.24) is 4.90 Å². The van der Waals surface area contributed by atoms with Gasteiger partial charge < -0.3 is 20.9 Å². The van der Waals surface area contributed by atoms with E-state index in [2.05, 4.69) is 16.0 Å². The fourth-order valence-corrected chi connectivity index (χ4v) is 3.46. The average molecular weight is 448 g/mol. The van der Waals surface area contributed by atoms with Crippen molar-refractivity contribution in [3.63, 3.8) is 0 Å². The number of likely N-dealkylation sites (tertiary alicyclic amines) is 1. The Morgan fingerprint density at radius 1 is 0.969 bits per heavy atom. The Hall–Kier alpha value is -3.56. The van der Waals surface area contributed by atoms with Gasteiger partial charge in [-0.1, -0.05) is 18.2 Å². The lowest BCUT2D eigenvalue weighted by Gasteiger charge is -2.32. The molecule has 4 amide bonds. The van der Waals surface area contributed by atoms with Gasteiger partial charge in [0.05, 0.1) is 22.9 Å². The summed E-state index contributed by atoms with van der Waals surface area (Å²) in [6.45, 7) is 1.80. The first kappa shape index (κ1) is 23.1. The summed E-state index contributed by atoms with van der Waals surface area (Å²) in [5.74, 6) is -1.61. The number of nitrogens with zero attached hydrogens (tertiary/aromatic N) is 1. The summed E-state index contributed by atoms with van der Waals surface area (Å²) in [7, 11) is 0. The molecule has 2 aromatic carbocycles. The van der Waals surface area contributed by atoms with Gasteiger partial charge in [0.2, 0.25) is 11.8 Å². The molecule has 3 rings (SSSR count). The molecule has 1 heterocycles. The smallest absolute Gasteiger partial charge is 0.325 e. The number of halogens is 3. The van der Waals surface area contributed by atoms with Crippen LogP contribution in [0.1, 0.15) is 25.3 Å². The fraction of sp³-hybridized carbons (Fsp3) is 0.318. The average Bonchev–Trinajstić information content (AvgIpc) is 2.74. The topological polar surface area (TPSA) is 90.5 Å². The number of urea groups is 1. The molecule has 0 saturated carbocycles. The third-order valence-electron chi connectivity index (χ3n) is 5.02. The molecule has 1 atom stereocenters. The first-order chi connectivity index (χ1) is 15.1. The van der Waals surface area contributed by atoms with Crippen LogP contribution in [0.2, 0.25) is 0 Å². The Bertz CT molecular complexity index is 996. The maximum atomic E-state index is 13.1. The van der Waals surface area contributed by atoms with Gasteiger partial charge in [0, 0.05) is 25.7 Å². The van der Waals surface area contributed by atoms with E-state index in [-0.39, 0.29) is 24.0 Å². The zero-order valence-corrected chi connectivity index (χ0v) is 17.3. The van der Waals surface area contributed by atoms with Gasteiger partial charge in [-0.25, -0.2) is 4.79 Å². The third-order valence-corrected chi connectivity index (χ3v) is 5.02. The summed E-state index contributed by atoms with van der Waals surface area (Å²) in [6.07, 6.45) is -3.55. The van der Waals surface area contributed by atoms with Gasteiger partial charge in [0.15, 0.2) is 0 Å². The van der Waals surface area contributed by atoms with Crippen molar-refractivity contribution in [2.75, 3.05) is 29.0 Å². The number of benzene rings is 2. The molecule has 7 nitrogen and oxygen atoms in total. The summed E-state index contributed by atoms with van der Waals surface area (Å²) in [5, 5.41) is 7.67. The number of rotatable bonds is 4. The molecule has 0 spiro atoms. The molecule has 2 aromatic rings. The predicted octanol–water partition coefficient (Wildman–Crippen LogP) is 4.55. The molecule has 1 unspecified atom stereocenters. The number of alkyl halides is 3. The van der Waals surface area contributed by atoms with Crippen LogP contribution in [0.15, 0.2) is 48.5 Å². The highest BCUT2D eigenvalue weighted by Crippen LogP contribution is 2.34. The van der Waals surface area contributed by atoms with E-state index >= 15 is 0 Å². The number of nitrogens with one attached hydrogen (secondary N) is 3. The second-order valence-electron chi connectivity index (χ2n) is 7.51. The summed E-state index contributed by atoms with van der Waals surface area (Å²) in [5.41, 5.74) is -0.415. The quantitative estimate of drug-likeness (QED) is 0.641. The molecule has 170 valence electrons. The molecule has 1 aliphatic heterocycles. The molecule has 1 saturated heterocycles. The molecular formula is C22H23F3N4O3. The number of hydrogen-bond donors (Lipinski definition) is 3. The molecule has 1 fully saturated rings. The van der Waals surface area contributed by atoms with Crippen molar-refractivity contribution >= 4 is 34.9 Å². The Morgan fingerprint density at radius 3 is 2.34 bits per heavy atom. The largest absolute Gasteiger partial charge is 0.416 e. The number of hydrogen-bond acceptors (Lipinski definition) is 3. The number of carbonyl (C=O) groups excluding carboxylic acids is 3. The molecule has 10 heteroatoms. The van der Waals surface area contributed by atoms with Crippen LogP contribution in [0.3, 0.4) is 0 Å². The van der Waals surface area contributed by atoms with Crippen LogP contribution in [0, 0.1) is 5.92 Å². The Labute approximate surface area is 183 Å². The molecule has 3 N–H and O–H groups in total. The number of carbonyl (C=O) groups is 3. The van der Waals surface area contributed by atoms with Gasteiger partial charge >= 0.3 is 12.2 Å². The van der Waals surface area contributed by atoms with Crippen LogP contribution in [0.4, 0.5) is 35.0 Å². The summed E-state index contributed by atoms with van der Waals surface area (Å²) in [6, 6.07) is 11.2. The van der Waals surface area contributed by atoms with Gasteiger partial charge in [0.1, 0.15) is 0 Å². The van der Waals surface area contributed by atoms with Gasteiger partial charge in [-0.15, -0.1) is 0 Å². The molecular weight excluding hydrogens is 425 g/mol. The van der Waals surface area contributed by atoms with E-state index in [1.54, 1.807) is 24.3 Å². The maximum absolute atomic E-state index is 13.1. The second kappa shape index (κ2) is 9.71. The van der Waals surface area contributed by atoms with Crippen LogP contribution < -0.4 is 16.0 Å². The normalized spacial score (nSPS) is 16.2. The van der Waals surface area contributed by atoms with E-state index in [0.717, 1.165) is 18.2 Å². The van der Waals surface area contributed by atoms with Gasteiger partial charge in [-0.2, -0.15) is 13.2 Å². The van der Waals surface area contributed by atoms with Crippen LogP contribution in [0.5, 0.6) is 0 Å².